The molecule has 4 heteroatoms. The van der Waals surface area contributed by atoms with Gasteiger partial charge in [-0.05, 0) is 26.9 Å². The van der Waals surface area contributed by atoms with E-state index in [9.17, 15) is 0 Å². The molecular weight excluding hydrogens is 159 g/mol. The highest BCUT2D eigenvalue weighted by Crippen LogP contribution is 2.11. The maximum Gasteiger partial charge on any atom is 0.00760 e. The zero-order valence-electron chi connectivity index (χ0n) is 5.96. The maximum atomic E-state index is 2.35. The molecule has 60 valence electrons. The minimum Gasteiger partial charge on any atom is -0.344 e. The summed E-state index contributed by atoms with van der Waals surface area (Å²) in [5.41, 5.74) is 0. The molecule has 1 atom stereocenters. The molecule has 0 saturated carbocycles. The Bertz CT molecular complexity index is 52.9. The van der Waals surface area contributed by atoms with Crippen LogP contribution in [0.2, 0.25) is 0 Å². The lowest BCUT2D eigenvalue weighted by Gasteiger charge is -2.34. The summed E-state index contributed by atoms with van der Waals surface area (Å²) < 4.78 is 0. The highest BCUT2D eigenvalue weighted by molar-refractivity contribution is 5.85. The summed E-state index contributed by atoms with van der Waals surface area (Å²) in [7, 11) is 2.16. The molecule has 2 nitrogen and oxygen atoms in total. The Morgan fingerprint density at radius 3 is 1.67 bits per heavy atom. The van der Waals surface area contributed by atoms with Crippen LogP contribution in [-0.2, 0) is 0 Å². The Balaban J connectivity index is -0.000000120. The molecule has 1 fully saturated rings. The van der Waals surface area contributed by atoms with Crippen molar-refractivity contribution in [1.29, 1.82) is 0 Å². The fourth-order valence-electron chi connectivity index (χ4n) is 0.645. The fourth-order valence-corrected chi connectivity index (χ4v) is 0.645. The molecule has 1 saturated heterocycles. The van der Waals surface area contributed by atoms with Gasteiger partial charge in [0.1, 0.15) is 0 Å². The Morgan fingerprint density at radius 1 is 1.33 bits per heavy atom. The van der Waals surface area contributed by atoms with E-state index in [-0.39, 0.29) is 31.0 Å². The zero-order valence-corrected chi connectivity index (χ0v) is 7.60. The predicted molar refractivity (Wildman–Crippen MR) is 46.2 cm³/mol. The Morgan fingerprint density at radius 2 is 1.67 bits per heavy atom. The van der Waals surface area contributed by atoms with E-state index in [1.807, 2.05) is 0 Å². The van der Waals surface area contributed by atoms with Gasteiger partial charge in [0, 0.05) is 6.04 Å². The molecule has 1 unspecified atom stereocenters. The Labute approximate surface area is 69.4 Å². The molecule has 0 amide bonds. The smallest absolute Gasteiger partial charge is 0.00760 e. The van der Waals surface area contributed by atoms with Gasteiger partial charge in [-0.2, -0.15) is 0 Å². The summed E-state index contributed by atoms with van der Waals surface area (Å²) in [4.78, 5) is 2.35. The second-order valence-electron chi connectivity index (χ2n) is 2.12. The van der Waals surface area contributed by atoms with E-state index in [1.165, 1.54) is 13.0 Å². The first-order valence-electron chi connectivity index (χ1n) is 2.51. The van der Waals surface area contributed by atoms with Crippen LogP contribution >= 0.6 is 24.8 Å². The molecule has 0 aromatic rings. The van der Waals surface area contributed by atoms with Crippen molar-refractivity contribution in [2.45, 2.75) is 19.4 Å². The van der Waals surface area contributed by atoms with Gasteiger partial charge >= 0.3 is 0 Å². The first kappa shape index (κ1) is 16.2. The lowest BCUT2D eigenvalue weighted by Crippen LogP contribution is -2.41. The topological polar surface area (TPSA) is 38.2 Å². The van der Waals surface area contributed by atoms with Gasteiger partial charge in [0.2, 0.25) is 0 Å². The molecule has 0 bridgehead atoms. The largest absolute Gasteiger partial charge is 0.344 e. The first-order valence-corrected chi connectivity index (χ1v) is 2.51. The van der Waals surface area contributed by atoms with Crippen molar-refractivity contribution >= 4 is 24.8 Å². The van der Waals surface area contributed by atoms with Crippen LogP contribution in [0.5, 0.6) is 0 Å². The summed E-state index contributed by atoms with van der Waals surface area (Å²) >= 11 is 0. The number of rotatable bonds is 0. The van der Waals surface area contributed by atoms with Gasteiger partial charge in [-0.1, -0.05) is 0 Å². The van der Waals surface area contributed by atoms with Crippen LogP contribution in [0.4, 0.5) is 0 Å². The molecule has 0 aromatic carbocycles. The van der Waals surface area contributed by atoms with Crippen LogP contribution in [0.3, 0.4) is 0 Å². The second kappa shape index (κ2) is 6.62. The average Bonchev–Trinajstić information content (AvgIpc) is 1.61. The van der Waals surface area contributed by atoms with Crippen molar-refractivity contribution in [3.63, 3.8) is 0 Å². The van der Waals surface area contributed by atoms with E-state index in [0.29, 0.717) is 0 Å². The van der Waals surface area contributed by atoms with E-state index in [0.717, 1.165) is 6.04 Å². The summed E-state index contributed by atoms with van der Waals surface area (Å²) in [5.74, 6) is 0. The third-order valence-corrected chi connectivity index (χ3v) is 1.65. The quantitative estimate of drug-likeness (QED) is 0.608. The van der Waals surface area contributed by atoms with Crippen LogP contribution < -0.4 is 6.15 Å². The number of hydrogen-bond donors (Lipinski definition) is 1. The van der Waals surface area contributed by atoms with Crippen LogP contribution in [0, 0.1) is 0 Å². The lowest BCUT2D eigenvalue weighted by molar-refractivity contribution is 0.143. The van der Waals surface area contributed by atoms with Crippen molar-refractivity contribution < 1.29 is 0 Å². The molecule has 1 rings (SSSR count). The van der Waals surface area contributed by atoms with Crippen molar-refractivity contribution in [1.82, 2.24) is 11.1 Å². The third kappa shape index (κ3) is 3.98. The minimum atomic E-state index is 0. The Kier molecular flexibility index (Phi) is 11.9. The highest BCUT2D eigenvalue weighted by Gasteiger charge is 2.17. The highest BCUT2D eigenvalue weighted by atomic mass is 35.5. The van der Waals surface area contributed by atoms with Gasteiger partial charge in [-0.3, -0.25) is 0 Å². The summed E-state index contributed by atoms with van der Waals surface area (Å²) in [5, 5.41) is 0. The number of halogens is 2. The molecule has 0 spiro atoms. The van der Waals surface area contributed by atoms with Gasteiger partial charge in [0.15, 0.2) is 0 Å². The van der Waals surface area contributed by atoms with E-state index < -0.39 is 0 Å². The molecule has 0 aliphatic carbocycles. The van der Waals surface area contributed by atoms with Gasteiger partial charge in [-0.25, -0.2) is 0 Å². The molecule has 0 aromatic heterocycles. The van der Waals surface area contributed by atoms with Gasteiger partial charge in [0.25, 0.3) is 0 Å². The van der Waals surface area contributed by atoms with E-state index in [4.69, 9.17) is 0 Å². The molecule has 1 aliphatic rings. The van der Waals surface area contributed by atoms with Crippen molar-refractivity contribution in [3.05, 3.63) is 0 Å². The second-order valence-corrected chi connectivity index (χ2v) is 2.12. The Hall–Kier alpha value is 0.500. The van der Waals surface area contributed by atoms with E-state index in [1.54, 1.807) is 0 Å². The SMILES string of the molecule is CC1CCN1C.Cl.Cl.N. The van der Waals surface area contributed by atoms with Crippen LogP contribution in [0.15, 0.2) is 0 Å². The molecule has 3 N–H and O–H groups in total. The van der Waals surface area contributed by atoms with Crippen LogP contribution in [0.25, 0.3) is 0 Å². The van der Waals surface area contributed by atoms with E-state index in [2.05, 4.69) is 18.9 Å². The van der Waals surface area contributed by atoms with Gasteiger partial charge in [-0.15, -0.1) is 24.8 Å². The van der Waals surface area contributed by atoms with Crippen molar-refractivity contribution in [3.8, 4) is 0 Å². The summed E-state index contributed by atoms with van der Waals surface area (Å²) in [6.07, 6.45) is 1.40. The van der Waals surface area contributed by atoms with Crippen molar-refractivity contribution in [2.75, 3.05) is 13.6 Å². The molecule has 0 radical (unpaired) electrons. The molecular formula is C5H16Cl2N2. The van der Waals surface area contributed by atoms with Crippen LogP contribution in [0.1, 0.15) is 13.3 Å². The summed E-state index contributed by atoms with van der Waals surface area (Å²) in [6.45, 7) is 3.56. The zero-order chi connectivity index (χ0) is 4.57. The maximum absolute atomic E-state index is 2.35. The average molecular weight is 175 g/mol. The van der Waals surface area contributed by atoms with Crippen molar-refractivity contribution in [2.24, 2.45) is 0 Å². The third-order valence-electron chi connectivity index (χ3n) is 1.65. The number of nitrogens with zero attached hydrogens (tertiary/aromatic N) is 1. The lowest BCUT2D eigenvalue weighted by atomic mass is 10.1. The first-order chi connectivity index (χ1) is 2.80. The molecule has 9 heavy (non-hydrogen) atoms. The number of likely N-dealkylation sites (tertiary alicyclic amines) is 1. The molecule has 1 heterocycles. The van der Waals surface area contributed by atoms with Crippen LogP contribution in [-0.4, -0.2) is 24.5 Å². The minimum absolute atomic E-state index is 0. The van der Waals surface area contributed by atoms with Gasteiger partial charge < -0.3 is 11.1 Å². The normalized spacial score (nSPS) is 24.0. The predicted octanol–water partition coefficient (Wildman–Crippen LogP) is 1.72. The standard InChI is InChI=1S/C5H11N.2ClH.H3N/c1-5-3-4-6(5)2;;;/h5H,3-4H2,1-2H3;2*1H;1H3. The monoisotopic (exact) mass is 174 g/mol. The number of hydrogen-bond acceptors (Lipinski definition) is 2. The van der Waals surface area contributed by atoms with Gasteiger partial charge in [0.05, 0.1) is 0 Å². The molecule has 1 aliphatic heterocycles. The summed E-state index contributed by atoms with van der Waals surface area (Å²) in [6, 6.07) is 0.866. The fraction of sp³-hybridized carbons (Fsp3) is 1.00. The van der Waals surface area contributed by atoms with E-state index >= 15 is 0 Å².